The minimum absolute atomic E-state index is 0.101. The van der Waals surface area contributed by atoms with Crippen LogP contribution in [0.1, 0.15) is 20.7 Å². The van der Waals surface area contributed by atoms with Gasteiger partial charge >= 0.3 is 11.9 Å². The smallest absolute Gasteiger partial charge is 0.338 e. The number of nitrogen functional groups attached to an aromatic ring is 2. The van der Waals surface area contributed by atoms with Crippen molar-refractivity contribution in [2.75, 3.05) is 24.7 Å². The van der Waals surface area contributed by atoms with Gasteiger partial charge < -0.3 is 20.9 Å². The summed E-state index contributed by atoms with van der Waals surface area (Å²) < 4.78 is 9.98. The molecule has 0 saturated heterocycles. The fourth-order valence-electron chi connectivity index (χ4n) is 1.78. The molecule has 2 aromatic carbocycles. The Labute approximate surface area is 148 Å². The fourth-order valence-corrected chi connectivity index (χ4v) is 2.01. The Bertz CT molecular complexity index is 715. The highest BCUT2D eigenvalue weighted by atomic mass is 35.5. The number of ether oxygens (including phenoxy) is 2. The summed E-state index contributed by atoms with van der Waals surface area (Å²) in [6.07, 6.45) is 0. The molecule has 6 nitrogen and oxygen atoms in total. The maximum absolute atomic E-state index is 11.8. The molecule has 0 unspecified atom stereocenters. The highest BCUT2D eigenvalue weighted by Gasteiger charge is 2.11. The van der Waals surface area contributed by atoms with E-state index in [2.05, 4.69) is 0 Å². The first-order valence-electron chi connectivity index (χ1n) is 6.83. The summed E-state index contributed by atoms with van der Waals surface area (Å²) in [7, 11) is 0. The van der Waals surface area contributed by atoms with Crippen LogP contribution < -0.4 is 11.5 Å². The van der Waals surface area contributed by atoms with Gasteiger partial charge in [-0.05, 0) is 36.4 Å². The van der Waals surface area contributed by atoms with Gasteiger partial charge in [-0.15, -0.1) is 0 Å². The summed E-state index contributed by atoms with van der Waals surface area (Å²) in [6.45, 7) is -0.202. The van der Waals surface area contributed by atoms with Crippen molar-refractivity contribution in [1.82, 2.24) is 0 Å². The third-order valence-corrected chi connectivity index (χ3v) is 3.70. The molecule has 0 amide bonds. The van der Waals surface area contributed by atoms with E-state index >= 15 is 0 Å². The average molecular weight is 369 g/mol. The molecule has 0 heterocycles. The van der Waals surface area contributed by atoms with Crippen LogP contribution >= 0.6 is 23.2 Å². The Morgan fingerprint density at radius 3 is 1.50 bits per heavy atom. The normalized spacial score (nSPS) is 10.2. The van der Waals surface area contributed by atoms with Gasteiger partial charge in [0.2, 0.25) is 0 Å². The molecular formula is C16H14Cl2N2O4. The monoisotopic (exact) mass is 368 g/mol. The largest absolute Gasteiger partial charge is 0.458 e. The van der Waals surface area contributed by atoms with Gasteiger partial charge in [-0.1, -0.05) is 23.2 Å². The Morgan fingerprint density at radius 1 is 0.792 bits per heavy atom. The van der Waals surface area contributed by atoms with Gasteiger partial charge in [0, 0.05) is 0 Å². The minimum Gasteiger partial charge on any atom is -0.458 e. The van der Waals surface area contributed by atoms with Crippen molar-refractivity contribution >= 4 is 46.5 Å². The first-order chi connectivity index (χ1) is 11.4. The standard InChI is InChI=1S/C16H14Cl2N2O4/c17-11-3-1-9(7-13(11)19)15(21)23-5-6-24-16(22)10-2-4-12(18)14(20)8-10/h1-4,7-8H,5-6,19-20H2. The Kier molecular flexibility index (Phi) is 5.89. The van der Waals surface area contributed by atoms with Gasteiger partial charge in [-0.2, -0.15) is 0 Å². The second-order valence-corrected chi connectivity index (χ2v) is 5.56. The molecule has 24 heavy (non-hydrogen) atoms. The lowest BCUT2D eigenvalue weighted by Crippen LogP contribution is -2.14. The maximum Gasteiger partial charge on any atom is 0.338 e. The zero-order chi connectivity index (χ0) is 17.7. The molecule has 0 aliphatic heterocycles. The first-order valence-corrected chi connectivity index (χ1v) is 7.58. The van der Waals surface area contributed by atoms with Crippen LogP contribution in [-0.4, -0.2) is 25.2 Å². The molecule has 126 valence electrons. The van der Waals surface area contributed by atoms with Crippen LogP contribution in [-0.2, 0) is 9.47 Å². The van der Waals surface area contributed by atoms with Crippen LogP contribution in [0.4, 0.5) is 11.4 Å². The highest BCUT2D eigenvalue weighted by Crippen LogP contribution is 2.20. The zero-order valence-electron chi connectivity index (χ0n) is 12.4. The van der Waals surface area contributed by atoms with Crippen molar-refractivity contribution in [1.29, 1.82) is 0 Å². The molecule has 0 saturated carbocycles. The average Bonchev–Trinajstić information content (AvgIpc) is 2.56. The van der Waals surface area contributed by atoms with Crippen LogP contribution in [0, 0.1) is 0 Å². The number of rotatable bonds is 5. The van der Waals surface area contributed by atoms with Crippen molar-refractivity contribution in [2.45, 2.75) is 0 Å². The summed E-state index contributed by atoms with van der Waals surface area (Å²) in [5.41, 5.74) is 12.3. The SMILES string of the molecule is Nc1cc(C(=O)OCCOC(=O)c2ccc(Cl)c(N)c2)ccc1Cl. The second kappa shape index (κ2) is 7.90. The second-order valence-electron chi connectivity index (χ2n) is 4.74. The molecular weight excluding hydrogens is 355 g/mol. The van der Waals surface area contributed by atoms with Crippen molar-refractivity contribution in [2.24, 2.45) is 0 Å². The van der Waals surface area contributed by atoms with Gasteiger partial charge in [0.1, 0.15) is 13.2 Å². The van der Waals surface area contributed by atoms with Gasteiger partial charge in [0.15, 0.2) is 0 Å². The van der Waals surface area contributed by atoms with Gasteiger partial charge in [0.25, 0.3) is 0 Å². The predicted molar refractivity (Wildman–Crippen MR) is 92.3 cm³/mol. The lowest BCUT2D eigenvalue weighted by Gasteiger charge is -2.08. The molecule has 0 aromatic heterocycles. The first kappa shape index (κ1) is 17.9. The third kappa shape index (κ3) is 4.53. The summed E-state index contributed by atoms with van der Waals surface area (Å²) in [5.74, 6) is -1.18. The van der Waals surface area contributed by atoms with Gasteiger partial charge in [0.05, 0.1) is 32.5 Å². The Balaban J connectivity index is 1.81. The molecule has 0 radical (unpaired) electrons. The number of hydrogen-bond donors (Lipinski definition) is 2. The van der Waals surface area contributed by atoms with E-state index in [1.807, 2.05) is 0 Å². The topological polar surface area (TPSA) is 105 Å². The van der Waals surface area contributed by atoms with Crippen LogP contribution in [0.2, 0.25) is 10.0 Å². The van der Waals surface area contributed by atoms with Gasteiger partial charge in [-0.3, -0.25) is 0 Å². The highest BCUT2D eigenvalue weighted by molar-refractivity contribution is 6.33. The van der Waals surface area contributed by atoms with Crippen molar-refractivity contribution in [3.8, 4) is 0 Å². The van der Waals surface area contributed by atoms with E-state index in [1.54, 1.807) is 0 Å². The van der Waals surface area contributed by atoms with Crippen LogP contribution in [0.15, 0.2) is 36.4 Å². The van der Waals surface area contributed by atoms with E-state index in [4.69, 9.17) is 44.1 Å². The van der Waals surface area contributed by atoms with Crippen LogP contribution in [0.5, 0.6) is 0 Å². The van der Waals surface area contributed by atoms with Crippen molar-refractivity contribution in [3.63, 3.8) is 0 Å². The number of esters is 2. The van der Waals surface area contributed by atoms with Crippen molar-refractivity contribution in [3.05, 3.63) is 57.6 Å². The number of halogens is 2. The zero-order valence-corrected chi connectivity index (χ0v) is 13.9. The van der Waals surface area contributed by atoms with E-state index in [0.29, 0.717) is 10.0 Å². The molecule has 0 atom stereocenters. The predicted octanol–water partition coefficient (Wildman–Crippen LogP) is 3.17. The quantitative estimate of drug-likeness (QED) is 0.477. The van der Waals surface area contributed by atoms with E-state index in [0.717, 1.165) is 0 Å². The number of anilines is 2. The molecule has 8 heteroatoms. The van der Waals surface area contributed by atoms with E-state index < -0.39 is 11.9 Å². The minimum atomic E-state index is -0.592. The Hall–Kier alpha value is -2.44. The number of benzene rings is 2. The molecule has 0 spiro atoms. The molecule has 4 N–H and O–H groups in total. The molecule has 0 aliphatic rings. The number of carbonyl (C=O) groups excluding carboxylic acids is 2. The third-order valence-electron chi connectivity index (χ3n) is 3.01. The lowest BCUT2D eigenvalue weighted by atomic mass is 10.2. The molecule has 0 bridgehead atoms. The number of carbonyl (C=O) groups is 2. The maximum atomic E-state index is 11.8. The summed E-state index contributed by atoms with van der Waals surface area (Å²) in [5, 5.41) is 0.699. The number of hydrogen-bond acceptors (Lipinski definition) is 6. The van der Waals surface area contributed by atoms with Crippen LogP contribution in [0.25, 0.3) is 0 Å². The van der Waals surface area contributed by atoms with E-state index in [9.17, 15) is 9.59 Å². The number of nitrogens with two attached hydrogens (primary N) is 2. The lowest BCUT2D eigenvalue weighted by molar-refractivity contribution is 0.0266. The summed E-state index contributed by atoms with van der Waals surface area (Å²) >= 11 is 11.5. The molecule has 2 aromatic rings. The fraction of sp³-hybridized carbons (Fsp3) is 0.125. The Morgan fingerprint density at radius 2 is 1.17 bits per heavy atom. The van der Waals surface area contributed by atoms with E-state index in [1.165, 1.54) is 36.4 Å². The van der Waals surface area contributed by atoms with Gasteiger partial charge in [-0.25, -0.2) is 9.59 Å². The molecule has 2 rings (SSSR count). The summed E-state index contributed by atoms with van der Waals surface area (Å²) in [6, 6.07) is 8.80. The molecule has 0 aliphatic carbocycles. The van der Waals surface area contributed by atoms with Crippen molar-refractivity contribution < 1.29 is 19.1 Å². The van der Waals surface area contributed by atoms with Crippen LogP contribution in [0.3, 0.4) is 0 Å². The van der Waals surface area contributed by atoms with E-state index in [-0.39, 0.29) is 35.7 Å². The summed E-state index contributed by atoms with van der Waals surface area (Å²) in [4.78, 5) is 23.6. The molecule has 0 fully saturated rings.